The molecule has 3 fully saturated rings. The van der Waals surface area contributed by atoms with Gasteiger partial charge in [-0.15, -0.1) is 0 Å². The maximum absolute atomic E-state index is 14.3. The molecule has 3 aliphatic rings. The maximum Gasteiger partial charge on any atom is 0.254 e. The Bertz CT molecular complexity index is 1330. The van der Waals surface area contributed by atoms with Gasteiger partial charge in [-0.3, -0.25) is 9.59 Å². The Morgan fingerprint density at radius 1 is 1.21 bits per heavy atom. The van der Waals surface area contributed by atoms with Gasteiger partial charge in [0.15, 0.2) is 9.84 Å². The first-order valence-corrected chi connectivity index (χ1v) is 13.1. The molecule has 34 heavy (non-hydrogen) atoms. The number of sulfone groups is 1. The molecule has 1 unspecified atom stereocenters. The van der Waals surface area contributed by atoms with Gasteiger partial charge in [-0.25, -0.2) is 17.2 Å². The van der Waals surface area contributed by atoms with Crippen LogP contribution in [0.5, 0.6) is 0 Å². The molecule has 6 nitrogen and oxygen atoms in total. The van der Waals surface area contributed by atoms with Crippen LogP contribution in [0.1, 0.15) is 48.7 Å². The first kappa shape index (κ1) is 23.2. The van der Waals surface area contributed by atoms with Crippen LogP contribution in [0, 0.1) is 23.0 Å². The van der Waals surface area contributed by atoms with Crippen LogP contribution in [-0.2, 0) is 14.6 Å². The van der Waals surface area contributed by atoms with Crippen LogP contribution < -0.4 is 5.32 Å². The number of carbonyl (C=O) groups is 2. The van der Waals surface area contributed by atoms with E-state index >= 15 is 0 Å². The van der Waals surface area contributed by atoms with Crippen LogP contribution in [0.25, 0.3) is 0 Å². The number of fused-ring (bicyclic) bond motifs is 1. The van der Waals surface area contributed by atoms with Crippen molar-refractivity contribution in [2.45, 2.75) is 49.7 Å². The van der Waals surface area contributed by atoms with Gasteiger partial charge < -0.3 is 10.2 Å². The van der Waals surface area contributed by atoms with E-state index in [0.29, 0.717) is 12.3 Å². The largest absolute Gasteiger partial charge is 0.348 e. The molecule has 5 rings (SSSR count). The number of halogens is 3. The SMILES string of the molecule is CCS(=O)(=O)c1cccc(C(=O)N2[C@@H](C(=O)N[C@H](C)c3cc(F)c(Cl)cc3F)C[C@]34CC3[C@@H]24)c1. The monoisotopic (exact) mass is 508 g/mol. The Hall–Kier alpha value is -2.52. The molecule has 2 saturated carbocycles. The Balaban J connectivity index is 1.39. The van der Waals surface area contributed by atoms with Crippen molar-refractivity contribution in [1.82, 2.24) is 10.2 Å². The molecule has 10 heteroatoms. The summed E-state index contributed by atoms with van der Waals surface area (Å²) in [5.41, 5.74) is 0.108. The van der Waals surface area contributed by atoms with E-state index in [1.165, 1.54) is 32.0 Å². The fraction of sp³-hybridized carbons (Fsp3) is 0.417. The van der Waals surface area contributed by atoms with Crippen LogP contribution in [0.4, 0.5) is 8.78 Å². The highest BCUT2D eigenvalue weighted by atomic mass is 35.5. The number of benzene rings is 2. The normalized spacial score (nSPS) is 27.6. The molecule has 0 radical (unpaired) electrons. The average molecular weight is 509 g/mol. The van der Waals surface area contributed by atoms with E-state index in [1.807, 2.05) is 0 Å². The molecule has 1 aliphatic heterocycles. The van der Waals surface area contributed by atoms with Crippen molar-refractivity contribution in [3.63, 3.8) is 0 Å². The van der Waals surface area contributed by atoms with Crippen molar-refractivity contribution in [1.29, 1.82) is 0 Å². The fourth-order valence-corrected chi connectivity index (χ4v) is 6.41. The molecular formula is C24H23ClF2N2O4S. The van der Waals surface area contributed by atoms with Gasteiger partial charge in [0, 0.05) is 17.2 Å². The highest BCUT2D eigenvalue weighted by Gasteiger charge is 2.85. The maximum atomic E-state index is 14.3. The van der Waals surface area contributed by atoms with Crippen LogP contribution >= 0.6 is 11.6 Å². The summed E-state index contributed by atoms with van der Waals surface area (Å²) < 4.78 is 52.7. The second kappa shape index (κ2) is 7.75. The Kier molecular flexibility index (Phi) is 5.29. The summed E-state index contributed by atoms with van der Waals surface area (Å²) in [6.07, 6.45) is 1.44. The third kappa shape index (κ3) is 3.51. The van der Waals surface area contributed by atoms with Crippen LogP contribution in [0.15, 0.2) is 41.3 Å². The number of nitrogens with zero attached hydrogens (tertiary/aromatic N) is 1. The standard InChI is InChI=1S/C24H23ClF2N2O4S/c1-3-34(32,33)14-6-4-5-13(7-14)23(31)29-20(11-24-10-16(24)21(24)29)22(30)28-12(2)15-8-19(27)17(25)9-18(15)26/h4-9,12,16,20-21H,3,10-11H2,1-2H3,(H,28,30)/t12-,16?,20-,21-,24-/m1/s1. The Morgan fingerprint density at radius 2 is 1.94 bits per heavy atom. The summed E-state index contributed by atoms with van der Waals surface area (Å²) in [6.45, 7) is 3.06. The lowest BCUT2D eigenvalue weighted by molar-refractivity contribution is -0.126. The summed E-state index contributed by atoms with van der Waals surface area (Å²) in [7, 11) is -3.50. The zero-order chi connectivity index (χ0) is 24.6. The summed E-state index contributed by atoms with van der Waals surface area (Å²) in [5.74, 6) is -2.12. The highest BCUT2D eigenvalue weighted by Crippen LogP contribution is 2.82. The topological polar surface area (TPSA) is 83.6 Å². The first-order valence-electron chi connectivity index (χ1n) is 11.1. The van der Waals surface area contributed by atoms with Crippen LogP contribution in [0.2, 0.25) is 5.02 Å². The minimum atomic E-state index is -3.50. The molecular weight excluding hydrogens is 486 g/mol. The van der Waals surface area contributed by atoms with E-state index in [0.717, 1.165) is 18.6 Å². The van der Waals surface area contributed by atoms with Gasteiger partial charge in [0.2, 0.25) is 5.91 Å². The van der Waals surface area contributed by atoms with Crippen molar-refractivity contribution in [3.8, 4) is 0 Å². The first-order chi connectivity index (χ1) is 16.0. The summed E-state index contributed by atoms with van der Waals surface area (Å²) in [6, 6.07) is 5.99. The van der Waals surface area contributed by atoms with Crippen molar-refractivity contribution >= 4 is 33.3 Å². The number of likely N-dealkylation sites (tertiary alicyclic amines) is 1. The molecule has 0 aromatic heterocycles. The molecule has 2 aliphatic carbocycles. The third-order valence-corrected chi connectivity index (χ3v) is 9.49. The number of hydrogen-bond acceptors (Lipinski definition) is 4. The van der Waals surface area contributed by atoms with Gasteiger partial charge in [0.05, 0.1) is 21.7 Å². The van der Waals surface area contributed by atoms with E-state index < -0.39 is 45.4 Å². The van der Waals surface area contributed by atoms with E-state index in [1.54, 1.807) is 11.0 Å². The summed E-state index contributed by atoms with van der Waals surface area (Å²) >= 11 is 5.62. The van der Waals surface area contributed by atoms with Gasteiger partial charge in [0.1, 0.15) is 17.7 Å². The predicted octanol–water partition coefficient (Wildman–Crippen LogP) is 3.89. The number of rotatable bonds is 6. The zero-order valence-corrected chi connectivity index (χ0v) is 20.1. The number of piperidine rings is 1. The lowest BCUT2D eigenvalue weighted by atomic mass is 10.0. The molecule has 1 saturated heterocycles. The summed E-state index contributed by atoms with van der Waals surface area (Å²) in [5, 5.41) is 2.36. The molecule has 2 aromatic rings. The number of amides is 2. The lowest BCUT2D eigenvalue weighted by Crippen LogP contribution is -2.49. The minimum Gasteiger partial charge on any atom is -0.348 e. The molecule has 2 aromatic carbocycles. The lowest BCUT2D eigenvalue weighted by Gasteiger charge is -2.29. The van der Waals surface area contributed by atoms with Crippen molar-refractivity contribution in [3.05, 3.63) is 64.2 Å². The van der Waals surface area contributed by atoms with E-state index in [4.69, 9.17) is 11.6 Å². The highest BCUT2D eigenvalue weighted by molar-refractivity contribution is 7.91. The quantitative estimate of drug-likeness (QED) is 0.600. The second-order valence-electron chi connectivity index (χ2n) is 9.37. The fourth-order valence-electron chi connectivity index (χ4n) is 5.34. The molecule has 1 N–H and O–H groups in total. The van der Waals surface area contributed by atoms with Gasteiger partial charge >= 0.3 is 0 Å². The summed E-state index contributed by atoms with van der Waals surface area (Å²) in [4.78, 5) is 28.3. The van der Waals surface area contributed by atoms with Crippen molar-refractivity contribution in [2.24, 2.45) is 11.3 Å². The van der Waals surface area contributed by atoms with E-state index in [-0.39, 0.29) is 38.3 Å². The second-order valence-corrected chi connectivity index (χ2v) is 12.1. The molecule has 0 bridgehead atoms. The van der Waals surface area contributed by atoms with Gasteiger partial charge in [-0.05, 0) is 61.4 Å². The third-order valence-electron chi connectivity index (χ3n) is 7.47. The minimum absolute atomic E-state index is 0.0452. The van der Waals surface area contributed by atoms with Gasteiger partial charge in [0.25, 0.3) is 5.91 Å². The smallest absolute Gasteiger partial charge is 0.254 e. The van der Waals surface area contributed by atoms with Gasteiger partial charge in [-0.1, -0.05) is 24.6 Å². The average Bonchev–Trinajstić information content (AvgIpc) is 3.64. The Morgan fingerprint density at radius 3 is 2.62 bits per heavy atom. The predicted molar refractivity (Wildman–Crippen MR) is 121 cm³/mol. The number of nitrogens with one attached hydrogen (secondary N) is 1. The van der Waals surface area contributed by atoms with Crippen molar-refractivity contribution < 1.29 is 26.8 Å². The number of hydrogen-bond donors (Lipinski definition) is 1. The van der Waals surface area contributed by atoms with Crippen LogP contribution in [0.3, 0.4) is 0 Å². The number of carbonyl (C=O) groups excluding carboxylic acids is 2. The van der Waals surface area contributed by atoms with Crippen LogP contribution in [-0.4, -0.2) is 43.0 Å². The Labute approximate surface area is 201 Å². The molecule has 2 amide bonds. The zero-order valence-electron chi connectivity index (χ0n) is 18.5. The molecule has 1 spiro atoms. The molecule has 180 valence electrons. The van der Waals surface area contributed by atoms with Gasteiger partial charge in [-0.2, -0.15) is 0 Å². The van der Waals surface area contributed by atoms with E-state index in [2.05, 4.69) is 5.32 Å². The van der Waals surface area contributed by atoms with E-state index in [9.17, 15) is 26.8 Å². The molecule has 5 atom stereocenters. The van der Waals surface area contributed by atoms with Crippen molar-refractivity contribution in [2.75, 3.05) is 5.75 Å². The molecule has 1 heterocycles.